The van der Waals surface area contributed by atoms with Gasteiger partial charge in [-0.3, -0.25) is 4.79 Å². The molecule has 2 rings (SSSR count). The SMILES string of the molecule is CNc1cc(C(=O)NC2CCN(C)CC2C)cc(Cl)n1. The molecule has 2 N–H and O–H groups in total. The molecule has 1 aliphatic rings. The minimum absolute atomic E-state index is 0.0906. The molecule has 0 spiro atoms. The maximum absolute atomic E-state index is 12.3. The molecule has 1 aromatic heterocycles. The third-order valence-corrected chi connectivity index (χ3v) is 3.93. The van der Waals surface area contributed by atoms with E-state index in [-0.39, 0.29) is 11.9 Å². The molecule has 0 bridgehead atoms. The van der Waals surface area contributed by atoms with Gasteiger partial charge < -0.3 is 15.5 Å². The van der Waals surface area contributed by atoms with Gasteiger partial charge in [-0.05, 0) is 38.1 Å². The zero-order valence-electron chi connectivity index (χ0n) is 12.1. The Bertz CT molecular complexity index is 494. The van der Waals surface area contributed by atoms with Crippen molar-refractivity contribution in [2.45, 2.75) is 19.4 Å². The molecule has 0 aromatic carbocycles. The summed E-state index contributed by atoms with van der Waals surface area (Å²) in [6.07, 6.45) is 0.973. The fourth-order valence-electron chi connectivity index (χ4n) is 2.58. The number of anilines is 1. The quantitative estimate of drug-likeness (QED) is 0.836. The number of nitrogens with zero attached hydrogens (tertiary/aromatic N) is 2. The minimum Gasteiger partial charge on any atom is -0.373 e. The van der Waals surface area contributed by atoms with Crippen molar-refractivity contribution in [3.8, 4) is 0 Å². The van der Waals surface area contributed by atoms with Crippen molar-refractivity contribution in [3.05, 3.63) is 22.8 Å². The standard InChI is InChI=1S/C14H21ClN4O/c1-9-8-19(3)5-4-11(9)17-14(20)10-6-12(15)18-13(7-10)16-2/h6-7,9,11H,4-5,8H2,1-3H3,(H,16,18)(H,17,20). The molecule has 2 heterocycles. The lowest BCUT2D eigenvalue weighted by Crippen LogP contribution is -2.48. The van der Waals surface area contributed by atoms with Crippen molar-refractivity contribution < 1.29 is 4.79 Å². The van der Waals surface area contributed by atoms with Crippen molar-refractivity contribution in [1.82, 2.24) is 15.2 Å². The Kier molecular flexibility index (Phi) is 4.83. The second kappa shape index (κ2) is 6.41. The van der Waals surface area contributed by atoms with E-state index in [1.165, 1.54) is 0 Å². The van der Waals surface area contributed by atoms with Gasteiger partial charge in [0.05, 0.1) is 0 Å². The summed E-state index contributed by atoms with van der Waals surface area (Å²) in [6, 6.07) is 3.52. The van der Waals surface area contributed by atoms with Gasteiger partial charge in [-0.1, -0.05) is 18.5 Å². The summed E-state index contributed by atoms with van der Waals surface area (Å²) >= 11 is 5.93. The molecule has 1 fully saturated rings. The number of carbonyl (C=O) groups excluding carboxylic acids is 1. The van der Waals surface area contributed by atoms with Crippen LogP contribution in [0, 0.1) is 5.92 Å². The number of nitrogens with one attached hydrogen (secondary N) is 2. The summed E-state index contributed by atoms with van der Waals surface area (Å²) in [5.74, 6) is 0.949. The number of amides is 1. The molecular formula is C14H21ClN4O. The van der Waals surface area contributed by atoms with Crippen molar-refractivity contribution in [2.75, 3.05) is 32.5 Å². The molecule has 0 saturated carbocycles. The molecule has 6 heteroatoms. The number of halogens is 1. The molecule has 2 unspecified atom stereocenters. The Labute approximate surface area is 124 Å². The fraction of sp³-hybridized carbons (Fsp3) is 0.571. The lowest BCUT2D eigenvalue weighted by atomic mass is 9.94. The van der Waals surface area contributed by atoms with E-state index in [4.69, 9.17) is 11.6 Å². The number of rotatable bonds is 3. The molecule has 1 aromatic rings. The molecule has 0 aliphatic carbocycles. The predicted octanol–water partition coefficient (Wildman–Crippen LogP) is 1.85. The highest BCUT2D eigenvalue weighted by atomic mass is 35.5. The van der Waals surface area contributed by atoms with Crippen LogP contribution in [0.15, 0.2) is 12.1 Å². The van der Waals surface area contributed by atoms with Crippen LogP contribution in [0.4, 0.5) is 5.82 Å². The first-order chi connectivity index (χ1) is 9.49. The van der Waals surface area contributed by atoms with Gasteiger partial charge in [-0.15, -0.1) is 0 Å². The summed E-state index contributed by atoms with van der Waals surface area (Å²) in [7, 11) is 3.86. The van der Waals surface area contributed by atoms with E-state index in [2.05, 4.69) is 34.5 Å². The number of likely N-dealkylation sites (tertiary alicyclic amines) is 1. The Morgan fingerprint density at radius 2 is 2.25 bits per heavy atom. The van der Waals surface area contributed by atoms with Crippen LogP contribution in [-0.4, -0.2) is 49.0 Å². The molecule has 0 radical (unpaired) electrons. The highest BCUT2D eigenvalue weighted by Crippen LogP contribution is 2.18. The monoisotopic (exact) mass is 296 g/mol. The third kappa shape index (κ3) is 3.61. The van der Waals surface area contributed by atoms with Gasteiger partial charge in [0.25, 0.3) is 5.91 Å². The predicted molar refractivity (Wildman–Crippen MR) is 81.3 cm³/mol. The van der Waals surface area contributed by atoms with E-state index in [0.717, 1.165) is 19.5 Å². The van der Waals surface area contributed by atoms with Crippen molar-refractivity contribution in [2.24, 2.45) is 5.92 Å². The van der Waals surface area contributed by atoms with E-state index in [1.54, 1.807) is 19.2 Å². The van der Waals surface area contributed by atoms with Gasteiger partial charge in [-0.25, -0.2) is 4.98 Å². The first kappa shape index (κ1) is 15.1. The van der Waals surface area contributed by atoms with Crippen LogP contribution in [-0.2, 0) is 0 Å². The number of carbonyl (C=O) groups is 1. The number of piperidine rings is 1. The summed E-state index contributed by atoms with van der Waals surface area (Å²) in [4.78, 5) is 18.7. The molecule has 5 nitrogen and oxygen atoms in total. The second-order valence-corrected chi connectivity index (χ2v) is 5.81. The van der Waals surface area contributed by atoms with Gasteiger partial charge >= 0.3 is 0 Å². The molecular weight excluding hydrogens is 276 g/mol. The topological polar surface area (TPSA) is 57.3 Å². The zero-order valence-corrected chi connectivity index (χ0v) is 12.9. The van der Waals surface area contributed by atoms with E-state index >= 15 is 0 Å². The van der Waals surface area contributed by atoms with Gasteiger partial charge in [0, 0.05) is 25.2 Å². The van der Waals surface area contributed by atoms with E-state index in [1.807, 2.05) is 0 Å². The lowest BCUT2D eigenvalue weighted by molar-refractivity contribution is 0.0884. The van der Waals surface area contributed by atoms with E-state index in [0.29, 0.717) is 22.5 Å². The molecule has 20 heavy (non-hydrogen) atoms. The van der Waals surface area contributed by atoms with Gasteiger partial charge in [0.15, 0.2) is 0 Å². The summed E-state index contributed by atoms with van der Waals surface area (Å²) in [5.41, 5.74) is 0.542. The molecule has 1 aliphatic heterocycles. The maximum Gasteiger partial charge on any atom is 0.251 e. The number of hydrogen-bond donors (Lipinski definition) is 2. The van der Waals surface area contributed by atoms with Crippen molar-refractivity contribution in [3.63, 3.8) is 0 Å². The lowest BCUT2D eigenvalue weighted by Gasteiger charge is -2.35. The molecule has 1 saturated heterocycles. The highest BCUT2D eigenvalue weighted by Gasteiger charge is 2.26. The maximum atomic E-state index is 12.3. The zero-order chi connectivity index (χ0) is 14.7. The van der Waals surface area contributed by atoms with Crippen molar-refractivity contribution >= 4 is 23.3 Å². The van der Waals surface area contributed by atoms with Crippen molar-refractivity contribution in [1.29, 1.82) is 0 Å². The van der Waals surface area contributed by atoms with Crippen LogP contribution in [0.2, 0.25) is 5.15 Å². The largest absolute Gasteiger partial charge is 0.373 e. The number of aromatic nitrogens is 1. The highest BCUT2D eigenvalue weighted by molar-refractivity contribution is 6.29. The van der Waals surface area contributed by atoms with E-state index < -0.39 is 0 Å². The number of pyridine rings is 1. The van der Waals surface area contributed by atoms with Crippen LogP contribution in [0.1, 0.15) is 23.7 Å². The first-order valence-corrected chi connectivity index (χ1v) is 7.22. The Balaban J connectivity index is 2.06. The average molecular weight is 297 g/mol. The van der Waals surface area contributed by atoms with Crippen LogP contribution < -0.4 is 10.6 Å². The molecule has 1 amide bonds. The average Bonchev–Trinajstić information content (AvgIpc) is 2.41. The van der Waals surface area contributed by atoms with Gasteiger partial charge in [-0.2, -0.15) is 0 Å². The normalized spacial score (nSPS) is 23.4. The Morgan fingerprint density at radius 3 is 2.90 bits per heavy atom. The van der Waals surface area contributed by atoms with Crippen LogP contribution in [0.3, 0.4) is 0 Å². The Hall–Kier alpha value is -1.33. The third-order valence-electron chi connectivity index (χ3n) is 3.74. The van der Waals surface area contributed by atoms with Crippen LogP contribution in [0.5, 0.6) is 0 Å². The second-order valence-electron chi connectivity index (χ2n) is 5.42. The smallest absolute Gasteiger partial charge is 0.251 e. The minimum atomic E-state index is -0.0906. The molecule has 110 valence electrons. The fourth-order valence-corrected chi connectivity index (χ4v) is 2.78. The summed E-state index contributed by atoms with van der Waals surface area (Å²) in [5, 5.41) is 6.32. The van der Waals surface area contributed by atoms with Gasteiger partial charge in [0.2, 0.25) is 0 Å². The van der Waals surface area contributed by atoms with E-state index in [9.17, 15) is 4.79 Å². The first-order valence-electron chi connectivity index (χ1n) is 6.84. The summed E-state index contributed by atoms with van der Waals surface area (Å²) < 4.78 is 0. The summed E-state index contributed by atoms with van der Waals surface area (Å²) in [6.45, 7) is 4.18. The number of hydrogen-bond acceptors (Lipinski definition) is 4. The van der Waals surface area contributed by atoms with Crippen LogP contribution >= 0.6 is 11.6 Å². The molecule has 2 atom stereocenters. The van der Waals surface area contributed by atoms with Crippen LogP contribution in [0.25, 0.3) is 0 Å². The Morgan fingerprint density at radius 1 is 1.50 bits per heavy atom. The van der Waals surface area contributed by atoms with Gasteiger partial charge in [0.1, 0.15) is 11.0 Å².